The van der Waals surface area contributed by atoms with Gasteiger partial charge in [0.1, 0.15) is 5.75 Å². The molecule has 0 bridgehead atoms. The van der Waals surface area contributed by atoms with Gasteiger partial charge in [0.2, 0.25) is 0 Å². The zero-order chi connectivity index (χ0) is 15.9. The molecule has 5 heteroatoms. The van der Waals surface area contributed by atoms with Crippen molar-refractivity contribution in [3.63, 3.8) is 0 Å². The molecule has 124 valence electrons. The van der Waals surface area contributed by atoms with E-state index >= 15 is 0 Å². The zero-order valence-electron chi connectivity index (χ0n) is 14.1. The molecular weight excluding hydrogens is 280 g/mol. The van der Waals surface area contributed by atoms with E-state index in [2.05, 4.69) is 10.2 Å². The van der Waals surface area contributed by atoms with Gasteiger partial charge in [-0.2, -0.15) is 0 Å². The number of benzene rings is 1. The van der Waals surface area contributed by atoms with Gasteiger partial charge in [0.15, 0.2) is 11.5 Å². The summed E-state index contributed by atoms with van der Waals surface area (Å²) in [7, 11) is 7.03. The van der Waals surface area contributed by atoms with Gasteiger partial charge in [0, 0.05) is 18.2 Å². The van der Waals surface area contributed by atoms with E-state index in [9.17, 15) is 0 Å². The van der Waals surface area contributed by atoms with Crippen LogP contribution in [0.5, 0.6) is 17.2 Å². The Kier molecular flexibility index (Phi) is 6.34. The minimum Gasteiger partial charge on any atom is -0.496 e. The monoisotopic (exact) mass is 308 g/mol. The van der Waals surface area contributed by atoms with Crippen LogP contribution in [0.15, 0.2) is 12.1 Å². The fourth-order valence-corrected chi connectivity index (χ4v) is 3.09. The third-order valence-corrected chi connectivity index (χ3v) is 4.38. The second kappa shape index (κ2) is 8.25. The smallest absolute Gasteiger partial charge is 0.164 e. The summed E-state index contributed by atoms with van der Waals surface area (Å²) >= 11 is 0. The van der Waals surface area contributed by atoms with Gasteiger partial charge >= 0.3 is 0 Å². The maximum absolute atomic E-state index is 5.52. The largest absolute Gasteiger partial charge is 0.496 e. The van der Waals surface area contributed by atoms with Gasteiger partial charge in [0.05, 0.1) is 21.3 Å². The number of ether oxygens (including phenoxy) is 3. The summed E-state index contributed by atoms with van der Waals surface area (Å²) in [6, 6.07) is 3.93. The Morgan fingerprint density at radius 2 is 1.59 bits per heavy atom. The van der Waals surface area contributed by atoms with E-state index in [1.165, 1.54) is 12.8 Å². The number of nitrogens with one attached hydrogen (secondary N) is 1. The van der Waals surface area contributed by atoms with Crippen LogP contribution in [-0.4, -0.2) is 52.9 Å². The SMILES string of the molecule is CNCC1CCN(Cc2cc(OC)c(OC)cc2OC)CC1. The highest BCUT2D eigenvalue weighted by Crippen LogP contribution is 2.35. The highest BCUT2D eigenvalue weighted by Gasteiger charge is 2.20. The minimum atomic E-state index is 0.704. The van der Waals surface area contributed by atoms with E-state index in [1.54, 1.807) is 21.3 Å². The molecule has 1 aromatic carbocycles. The van der Waals surface area contributed by atoms with Crippen LogP contribution in [-0.2, 0) is 6.54 Å². The molecule has 1 heterocycles. The third-order valence-electron chi connectivity index (χ3n) is 4.38. The van der Waals surface area contributed by atoms with Crippen molar-refractivity contribution in [3.8, 4) is 17.2 Å². The number of hydrogen-bond acceptors (Lipinski definition) is 5. The normalized spacial score (nSPS) is 16.5. The predicted molar refractivity (Wildman–Crippen MR) is 88.0 cm³/mol. The van der Waals surface area contributed by atoms with Gasteiger partial charge < -0.3 is 19.5 Å². The highest BCUT2D eigenvalue weighted by molar-refractivity contribution is 5.50. The van der Waals surface area contributed by atoms with Crippen LogP contribution >= 0.6 is 0 Å². The summed E-state index contributed by atoms with van der Waals surface area (Å²) in [5.41, 5.74) is 1.15. The Hall–Kier alpha value is -1.46. The Labute approximate surface area is 133 Å². The van der Waals surface area contributed by atoms with Crippen molar-refractivity contribution in [3.05, 3.63) is 17.7 Å². The Bertz CT molecular complexity index is 471. The second-order valence-corrected chi connectivity index (χ2v) is 5.80. The van der Waals surface area contributed by atoms with Crippen molar-refractivity contribution in [1.29, 1.82) is 0 Å². The number of piperidine rings is 1. The molecule has 1 aliphatic rings. The zero-order valence-corrected chi connectivity index (χ0v) is 14.1. The van der Waals surface area contributed by atoms with E-state index in [4.69, 9.17) is 14.2 Å². The molecule has 2 rings (SSSR count). The molecule has 0 radical (unpaired) electrons. The van der Waals surface area contributed by atoms with Gasteiger partial charge in [-0.1, -0.05) is 0 Å². The molecule has 5 nitrogen and oxygen atoms in total. The van der Waals surface area contributed by atoms with E-state index in [1.807, 2.05) is 19.2 Å². The molecule has 0 aromatic heterocycles. The molecular formula is C17H28N2O3. The quantitative estimate of drug-likeness (QED) is 0.836. The van der Waals surface area contributed by atoms with Crippen LogP contribution in [0.1, 0.15) is 18.4 Å². The fourth-order valence-electron chi connectivity index (χ4n) is 3.09. The first kappa shape index (κ1) is 16.9. The number of rotatable bonds is 7. The average Bonchev–Trinajstić information content (AvgIpc) is 2.56. The lowest BCUT2D eigenvalue weighted by Crippen LogP contribution is -2.36. The first-order valence-electron chi connectivity index (χ1n) is 7.87. The van der Waals surface area contributed by atoms with Crippen LogP contribution in [0.3, 0.4) is 0 Å². The summed E-state index contributed by atoms with van der Waals surface area (Å²) in [5, 5.41) is 3.28. The molecule has 0 aliphatic carbocycles. The Morgan fingerprint density at radius 3 is 2.14 bits per heavy atom. The summed E-state index contributed by atoms with van der Waals surface area (Å²) in [4.78, 5) is 2.48. The second-order valence-electron chi connectivity index (χ2n) is 5.80. The highest BCUT2D eigenvalue weighted by atomic mass is 16.5. The maximum Gasteiger partial charge on any atom is 0.164 e. The van der Waals surface area contributed by atoms with Crippen molar-refractivity contribution in [2.45, 2.75) is 19.4 Å². The third kappa shape index (κ3) is 4.05. The summed E-state index contributed by atoms with van der Waals surface area (Å²) in [6.45, 7) is 4.26. The Balaban J connectivity index is 2.06. The molecule has 0 unspecified atom stereocenters. The van der Waals surface area contributed by atoms with Crippen molar-refractivity contribution in [1.82, 2.24) is 10.2 Å². The molecule has 1 aromatic rings. The lowest BCUT2D eigenvalue weighted by atomic mass is 9.96. The lowest BCUT2D eigenvalue weighted by molar-refractivity contribution is 0.175. The van der Waals surface area contributed by atoms with Crippen LogP contribution in [0, 0.1) is 5.92 Å². The van der Waals surface area contributed by atoms with Gasteiger partial charge in [-0.3, -0.25) is 4.90 Å². The van der Waals surface area contributed by atoms with E-state index in [0.717, 1.165) is 49.2 Å². The molecule has 1 saturated heterocycles. The van der Waals surface area contributed by atoms with Crippen molar-refractivity contribution >= 4 is 0 Å². The maximum atomic E-state index is 5.52. The van der Waals surface area contributed by atoms with E-state index in [0.29, 0.717) is 5.75 Å². The van der Waals surface area contributed by atoms with Gasteiger partial charge in [-0.05, 0) is 51.5 Å². The van der Waals surface area contributed by atoms with Gasteiger partial charge in [0.25, 0.3) is 0 Å². The van der Waals surface area contributed by atoms with Crippen molar-refractivity contribution in [2.24, 2.45) is 5.92 Å². The number of nitrogens with zero attached hydrogens (tertiary/aromatic N) is 1. The number of hydrogen-bond donors (Lipinski definition) is 1. The van der Waals surface area contributed by atoms with Crippen molar-refractivity contribution in [2.75, 3.05) is 48.0 Å². The van der Waals surface area contributed by atoms with Crippen LogP contribution in [0.25, 0.3) is 0 Å². The number of likely N-dealkylation sites (tertiary alicyclic amines) is 1. The molecule has 1 aliphatic heterocycles. The standard InChI is InChI=1S/C17H28N2O3/c1-18-11-13-5-7-19(8-6-13)12-14-9-16(21-3)17(22-4)10-15(14)20-2/h9-10,13,18H,5-8,11-12H2,1-4H3. The Morgan fingerprint density at radius 1 is 1.00 bits per heavy atom. The molecule has 0 amide bonds. The van der Waals surface area contributed by atoms with E-state index in [-0.39, 0.29) is 0 Å². The first-order valence-corrected chi connectivity index (χ1v) is 7.87. The predicted octanol–water partition coefficient (Wildman–Crippen LogP) is 2.14. The number of methoxy groups -OCH3 is 3. The van der Waals surface area contributed by atoms with E-state index < -0.39 is 0 Å². The molecule has 1 fully saturated rings. The molecule has 0 saturated carbocycles. The summed E-state index contributed by atoms with van der Waals surface area (Å²) < 4.78 is 16.3. The average molecular weight is 308 g/mol. The molecule has 0 atom stereocenters. The van der Waals surface area contributed by atoms with Crippen LogP contribution < -0.4 is 19.5 Å². The topological polar surface area (TPSA) is 43.0 Å². The molecule has 22 heavy (non-hydrogen) atoms. The fraction of sp³-hybridized carbons (Fsp3) is 0.647. The first-order chi connectivity index (χ1) is 10.7. The van der Waals surface area contributed by atoms with Crippen LogP contribution in [0.2, 0.25) is 0 Å². The van der Waals surface area contributed by atoms with Gasteiger partial charge in [-0.15, -0.1) is 0 Å². The lowest BCUT2D eigenvalue weighted by Gasteiger charge is -2.32. The molecule has 0 spiro atoms. The minimum absolute atomic E-state index is 0.704. The summed E-state index contributed by atoms with van der Waals surface area (Å²) in [6.07, 6.45) is 2.49. The van der Waals surface area contributed by atoms with Gasteiger partial charge in [-0.25, -0.2) is 0 Å². The van der Waals surface area contributed by atoms with Crippen molar-refractivity contribution < 1.29 is 14.2 Å². The van der Waals surface area contributed by atoms with Crippen LogP contribution in [0.4, 0.5) is 0 Å². The summed E-state index contributed by atoms with van der Waals surface area (Å²) in [5.74, 6) is 3.11. The molecule has 1 N–H and O–H groups in total.